The fourth-order valence-corrected chi connectivity index (χ4v) is 1.20. The standard InChI is InChI=1S/C7H12N2O3/c1-12-5-4-6(10)9(3-2-8)7(5)11/h5H,2-4,8H2,1H3/t5-/m0/s1. The summed E-state index contributed by atoms with van der Waals surface area (Å²) in [7, 11) is 1.42. The molecule has 0 aromatic heterocycles. The molecule has 0 bridgehead atoms. The van der Waals surface area contributed by atoms with E-state index in [-0.39, 0.29) is 24.8 Å². The first kappa shape index (κ1) is 9.15. The molecular weight excluding hydrogens is 160 g/mol. The first-order chi connectivity index (χ1) is 5.70. The minimum atomic E-state index is -0.593. The minimum absolute atomic E-state index is 0.148. The number of nitrogens with two attached hydrogens (primary N) is 1. The summed E-state index contributed by atoms with van der Waals surface area (Å²) >= 11 is 0. The summed E-state index contributed by atoms with van der Waals surface area (Å²) in [6.07, 6.45) is -0.445. The highest BCUT2D eigenvalue weighted by Gasteiger charge is 2.37. The van der Waals surface area contributed by atoms with Gasteiger partial charge in [0.05, 0.1) is 6.42 Å². The second kappa shape index (κ2) is 3.64. The Morgan fingerprint density at radius 2 is 2.33 bits per heavy atom. The summed E-state index contributed by atoms with van der Waals surface area (Å²) in [5.74, 6) is -0.467. The molecule has 1 rings (SSSR count). The van der Waals surface area contributed by atoms with Gasteiger partial charge in [-0.15, -0.1) is 0 Å². The summed E-state index contributed by atoms with van der Waals surface area (Å²) in [6.45, 7) is 0.589. The van der Waals surface area contributed by atoms with E-state index in [1.807, 2.05) is 0 Å². The second-order valence-electron chi connectivity index (χ2n) is 2.60. The van der Waals surface area contributed by atoms with Gasteiger partial charge in [-0.25, -0.2) is 0 Å². The lowest BCUT2D eigenvalue weighted by Crippen LogP contribution is -2.36. The molecule has 0 spiro atoms. The van der Waals surface area contributed by atoms with Crippen LogP contribution < -0.4 is 5.73 Å². The molecule has 68 valence electrons. The van der Waals surface area contributed by atoms with Crippen LogP contribution in [-0.2, 0) is 14.3 Å². The topological polar surface area (TPSA) is 72.6 Å². The van der Waals surface area contributed by atoms with Crippen molar-refractivity contribution in [2.45, 2.75) is 12.5 Å². The van der Waals surface area contributed by atoms with Crippen LogP contribution in [-0.4, -0.2) is 43.0 Å². The molecule has 2 amide bonds. The van der Waals surface area contributed by atoms with Crippen molar-refractivity contribution in [2.24, 2.45) is 5.73 Å². The Kier molecular flexibility index (Phi) is 2.78. The Morgan fingerprint density at radius 1 is 1.67 bits per heavy atom. The van der Waals surface area contributed by atoms with Crippen molar-refractivity contribution in [1.29, 1.82) is 0 Å². The Labute approximate surface area is 70.5 Å². The Balaban J connectivity index is 2.64. The van der Waals surface area contributed by atoms with E-state index < -0.39 is 6.10 Å². The van der Waals surface area contributed by atoms with E-state index in [2.05, 4.69) is 0 Å². The van der Waals surface area contributed by atoms with Crippen LogP contribution >= 0.6 is 0 Å². The monoisotopic (exact) mass is 172 g/mol. The molecular formula is C7H12N2O3. The number of methoxy groups -OCH3 is 1. The third-order valence-electron chi connectivity index (χ3n) is 1.84. The fraction of sp³-hybridized carbons (Fsp3) is 0.714. The van der Waals surface area contributed by atoms with E-state index in [9.17, 15) is 9.59 Å². The van der Waals surface area contributed by atoms with Gasteiger partial charge in [0.15, 0.2) is 0 Å². The number of carbonyl (C=O) groups is 2. The highest BCUT2D eigenvalue weighted by atomic mass is 16.5. The van der Waals surface area contributed by atoms with Gasteiger partial charge >= 0.3 is 0 Å². The third kappa shape index (κ3) is 1.46. The van der Waals surface area contributed by atoms with Gasteiger partial charge < -0.3 is 10.5 Å². The molecule has 5 heteroatoms. The molecule has 1 atom stereocenters. The quantitative estimate of drug-likeness (QED) is 0.538. The van der Waals surface area contributed by atoms with Crippen LogP contribution in [0.2, 0.25) is 0 Å². The van der Waals surface area contributed by atoms with Gasteiger partial charge in [-0.2, -0.15) is 0 Å². The lowest BCUT2D eigenvalue weighted by atomic mass is 10.3. The van der Waals surface area contributed by atoms with Crippen LogP contribution in [0.5, 0.6) is 0 Å². The van der Waals surface area contributed by atoms with Crippen molar-refractivity contribution >= 4 is 11.8 Å². The highest BCUT2D eigenvalue weighted by Crippen LogP contribution is 2.14. The Hall–Kier alpha value is -0.940. The van der Waals surface area contributed by atoms with Crippen LogP contribution in [0.1, 0.15) is 6.42 Å². The molecule has 5 nitrogen and oxygen atoms in total. The maximum Gasteiger partial charge on any atom is 0.258 e. The summed E-state index contributed by atoms with van der Waals surface area (Å²) in [4.78, 5) is 23.5. The summed E-state index contributed by atoms with van der Waals surface area (Å²) in [6, 6.07) is 0. The van der Waals surface area contributed by atoms with E-state index >= 15 is 0 Å². The van der Waals surface area contributed by atoms with Crippen molar-refractivity contribution in [2.75, 3.05) is 20.2 Å². The van der Waals surface area contributed by atoms with Gasteiger partial charge in [0, 0.05) is 20.2 Å². The number of nitrogens with zero attached hydrogens (tertiary/aromatic N) is 1. The number of ether oxygens (including phenoxy) is 1. The zero-order valence-electron chi connectivity index (χ0n) is 6.95. The van der Waals surface area contributed by atoms with Crippen LogP contribution in [0.15, 0.2) is 0 Å². The molecule has 0 aromatic rings. The van der Waals surface area contributed by atoms with Crippen LogP contribution in [0, 0.1) is 0 Å². The number of hydrogen-bond acceptors (Lipinski definition) is 4. The van der Waals surface area contributed by atoms with E-state index in [0.29, 0.717) is 6.54 Å². The smallest absolute Gasteiger partial charge is 0.258 e. The normalized spacial score (nSPS) is 23.8. The molecule has 0 radical (unpaired) electrons. The fourth-order valence-electron chi connectivity index (χ4n) is 1.20. The molecule has 0 aromatic carbocycles. The van der Waals surface area contributed by atoms with Gasteiger partial charge in [0.25, 0.3) is 5.91 Å². The average molecular weight is 172 g/mol. The number of rotatable bonds is 3. The van der Waals surface area contributed by atoms with Crippen molar-refractivity contribution in [3.8, 4) is 0 Å². The van der Waals surface area contributed by atoms with Crippen molar-refractivity contribution in [3.63, 3.8) is 0 Å². The van der Waals surface area contributed by atoms with Crippen LogP contribution in [0.25, 0.3) is 0 Å². The van der Waals surface area contributed by atoms with E-state index in [1.54, 1.807) is 0 Å². The Morgan fingerprint density at radius 3 is 2.75 bits per heavy atom. The van der Waals surface area contributed by atoms with E-state index in [4.69, 9.17) is 10.5 Å². The number of hydrogen-bond donors (Lipinski definition) is 1. The summed E-state index contributed by atoms with van der Waals surface area (Å²) < 4.78 is 4.82. The SMILES string of the molecule is CO[C@H]1CC(=O)N(CCN)C1=O. The van der Waals surface area contributed by atoms with Gasteiger partial charge in [0.2, 0.25) is 5.91 Å². The zero-order chi connectivity index (χ0) is 9.14. The molecule has 1 heterocycles. The third-order valence-corrected chi connectivity index (χ3v) is 1.84. The minimum Gasteiger partial charge on any atom is -0.371 e. The number of likely N-dealkylation sites (tertiary alicyclic amines) is 1. The molecule has 0 saturated carbocycles. The van der Waals surface area contributed by atoms with Crippen LogP contribution in [0.3, 0.4) is 0 Å². The molecule has 1 aliphatic rings. The van der Waals surface area contributed by atoms with Gasteiger partial charge in [-0.1, -0.05) is 0 Å². The van der Waals surface area contributed by atoms with E-state index in [1.165, 1.54) is 7.11 Å². The van der Waals surface area contributed by atoms with Gasteiger partial charge in [0.1, 0.15) is 6.10 Å². The second-order valence-corrected chi connectivity index (χ2v) is 2.60. The summed E-state index contributed by atoms with van der Waals surface area (Å²) in [5, 5.41) is 0. The van der Waals surface area contributed by atoms with Crippen molar-refractivity contribution < 1.29 is 14.3 Å². The predicted octanol–water partition coefficient (Wildman–Crippen LogP) is -1.28. The molecule has 1 fully saturated rings. The molecule has 0 unspecified atom stereocenters. The molecule has 1 saturated heterocycles. The lowest BCUT2D eigenvalue weighted by molar-refractivity contribution is -0.141. The zero-order valence-corrected chi connectivity index (χ0v) is 6.95. The first-order valence-electron chi connectivity index (χ1n) is 3.77. The number of imide groups is 1. The lowest BCUT2D eigenvalue weighted by Gasteiger charge is -2.12. The van der Waals surface area contributed by atoms with Crippen molar-refractivity contribution in [3.05, 3.63) is 0 Å². The average Bonchev–Trinajstić information content (AvgIpc) is 2.32. The molecule has 2 N–H and O–H groups in total. The number of carbonyl (C=O) groups excluding carboxylic acids is 2. The predicted molar refractivity (Wildman–Crippen MR) is 41.2 cm³/mol. The maximum absolute atomic E-state index is 11.3. The van der Waals surface area contributed by atoms with E-state index in [0.717, 1.165) is 4.90 Å². The van der Waals surface area contributed by atoms with Crippen LogP contribution in [0.4, 0.5) is 0 Å². The molecule has 0 aliphatic carbocycles. The van der Waals surface area contributed by atoms with Gasteiger partial charge in [-0.05, 0) is 0 Å². The number of amides is 2. The highest BCUT2D eigenvalue weighted by molar-refractivity contribution is 6.04. The molecule has 1 aliphatic heterocycles. The summed E-state index contributed by atoms with van der Waals surface area (Å²) in [5.41, 5.74) is 5.23. The first-order valence-corrected chi connectivity index (χ1v) is 3.77. The van der Waals surface area contributed by atoms with Crippen molar-refractivity contribution in [1.82, 2.24) is 4.90 Å². The molecule has 12 heavy (non-hydrogen) atoms. The maximum atomic E-state index is 11.3. The van der Waals surface area contributed by atoms with Gasteiger partial charge in [-0.3, -0.25) is 14.5 Å². The Bertz CT molecular complexity index is 205. The largest absolute Gasteiger partial charge is 0.371 e.